The fourth-order valence-corrected chi connectivity index (χ4v) is 2.79. The smallest absolute Gasteiger partial charge is 0.343 e. The molecule has 0 saturated carbocycles. The molecule has 0 saturated heterocycles. The van der Waals surface area contributed by atoms with E-state index in [0.29, 0.717) is 23.5 Å². The molecule has 31 heavy (non-hydrogen) atoms. The second-order valence-corrected chi connectivity index (χ2v) is 7.45. The zero-order valence-electron chi connectivity index (χ0n) is 16.9. The molecule has 0 atom stereocenters. The van der Waals surface area contributed by atoms with Crippen LogP contribution in [-0.2, 0) is 0 Å². The van der Waals surface area contributed by atoms with Crippen molar-refractivity contribution in [2.24, 2.45) is 5.10 Å². The highest BCUT2D eigenvalue weighted by atomic mass is 79.9. The van der Waals surface area contributed by atoms with Crippen LogP contribution in [0.3, 0.4) is 0 Å². The molecular weight excluding hydrogens is 460 g/mol. The lowest BCUT2D eigenvalue weighted by Gasteiger charge is -2.05. The number of halogens is 1. The molecule has 158 valence electrons. The van der Waals surface area contributed by atoms with Crippen molar-refractivity contribution in [1.82, 2.24) is 5.43 Å². The molecule has 0 bridgehead atoms. The van der Waals surface area contributed by atoms with Crippen LogP contribution in [0.15, 0.2) is 82.4 Å². The number of benzene rings is 3. The Labute approximate surface area is 189 Å². The summed E-state index contributed by atoms with van der Waals surface area (Å²) >= 11 is 3.33. The first-order chi connectivity index (χ1) is 15.0. The molecule has 3 rings (SSSR count). The standard InChI is InChI=1S/C24H21BrN2O4/c1-2-15-30-21-13-7-18(8-14-21)23(28)27-26-16-17-3-11-22(12-4-17)31-24(29)19-5-9-20(25)10-6-19/h3-14,16H,2,15H2,1H3,(H,27,28)/b26-16-. The van der Waals surface area contributed by atoms with E-state index in [1.807, 2.05) is 6.92 Å². The van der Waals surface area contributed by atoms with Crippen molar-refractivity contribution in [2.45, 2.75) is 13.3 Å². The van der Waals surface area contributed by atoms with E-state index in [9.17, 15) is 9.59 Å². The Morgan fingerprint density at radius 2 is 1.52 bits per heavy atom. The number of rotatable bonds is 8. The molecule has 3 aromatic carbocycles. The molecule has 0 radical (unpaired) electrons. The second kappa shape index (κ2) is 11.1. The molecule has 0 aromatic heterocycles. The number of amides is 1. The summed E-state index contributed by atoms with van der Waals surface area (Å²) in [6.45, 7) is 2.67. The SMILES string of the molecule is CCCOc1ccc(C(=O)N/N=C\c2ccc(OC(=O)c3ccc(Br)cc3)cc2)cc1. The summed E-state index contributed by atoms with van der Waals surface area (Å²) < 4.78 is 11.7. The van der Waals surface area contributed by atoms with Crippen LogP contribution < -0.4 is 14.9 Å². The monoisotopic (exact) mass is 480 g/mol. The lowest BCUT2D eigenvalue weighted by molar-refractivity contribution is 0.0734. The van der Waals surface area contributed by atoms with Gasteiger partial charge in [-0.2, -0.15) is 5.10 Å². The summed E-state index contributed by atoms with van der Waals surface area (Å²) in [5.74, 6) is 0.382. The zero-order chi connectivity index (χ0) is 22.1. The van der Waals surface area contributed by atoms with Gasteiger partial charge >= 0.3 is 5.97 Å². The van der Waals surface area contributed by atoms with Crippen molar-refractivity contribution in [3.8, 4) is 11.5 Å². The van der Waals surface area contributed by atoms with Crippen molar-refractivity contribution in [3.05, 3.63) is 94.0 Å². The number of esters is 1. The van der Waals surface area contributed by atoms with Gasteiger partial charge in [-0.25, -0.2) is 10.2 Å². The minimum atomic E-state index is -0.438. The van der Waals surface area contributed by atoms with Crippen molar-refractivity contribution in [1.29, 1.82) is 0 Å². The van der Waals surface area contributed by atoms with Crippen LogP contribution >= 0.6 is 15.9 Å². The Kier molecular flexibility index (Phi) is 7.95. The summed E-state index contributed by atoms with van der Waals surface area (Å²) in [4.78, 5) is 24.3. The fourth-order valence-electron chi connectivity index (χ4n) is 2.53. The van der Waals surface area contributed by atoms with Gasteiger partial charge in [-0.3, -0.25) is 4.79 Å². The minimum Gasteiger partial charge on any atom is -0.494 e. The van der Waals surface area contributed by atoms with Crippen LogP contribution in [0.1, 0.15) is 39.6 Å². The van der Waals surface area contributed by atoms with Gasteiger partial charge in [0.15, 0.2) is 0 Å². The van der Waals surface area contributed by atoms with Gasteiger partial charge in [-0.15, -0.1) is 0 Å². The van der Waals surface area contributed by atoms with Gasteiger partial charge in [0.05, 0.1) is 18.4 Å². The minimum absolute atomic E-state index is 0.321. The number of carbonyl (C=O) groups excluding carboxylic acids is 2. The van der Waals surface area contributed by atoms with Crippen LogP contribution in [0.4, 0.5) is 0 Å². The molecular formula is C24H21BrN2O4. The molecule has 0 heterocycles. The first-order valence-corrected chi connectivity index (χ1v) is 10.5. The Balaban J connectivity index is 1.51. The lowest BCUT2D eigenvalue weighted by atomic mass is 10.2. The van der Waals surface area contributed by atoms with E-state index >= 15 is 0 Å². The molecule has 1 amide bonds. The summed E-state index contributed by atoms with van der Waals surface area (Å²) in [5, 5.41) is 3.97. The summed E-state index contributed by atoms with van der Waals surface area (Å²) in [5.41, 5.74) is 4.17. The zero-order valence-corrected chi connectivity index (χ0v) is 18.5. The van der Waals surface area contributed by atoms with E-state index in [0.717, 1.165) is 22.2 Å². The first kappa shape index (κ1) is 22.2. The molecule has 3 aromatic rings. The third-order valence-corrected chi connectivity index (χ3v) is 4.67. The molecule has 7 heteroatoms. The van der Waals surface area contributed by atoms with E-state index < -0.39 is 5.97 Å². The average molecular weight is 481 g/mol. The molecule has 0 spiro atoms. The number of hydrogen-bond acceptors (Lipinski definition) is 5. The predicted molar refractivity (Wildman–Crippen MR) is 123 cm³/mol. The van der Waals surface area contributed by atoms with Crippen LogP contribution in [-0.4, -0.2) is 24.7 Å². The van der Waals surface area contributed by atoms with E-state index in [1.54, 1.807) is 72.8 Å². The van der Waals surface area contributed by atoms with E-state index in [1.165, 1.54) is 6.21 Å². The molecule has 1 N–H and O–H groups in total. The highest BCUT2D eigenvalue weighted by molar-refractivity contribution is 9.10. The Morgan fingerprint density at radius 3 is 2.16 bits per heavy atom. The maximum atomic E-state index is 12.2. The molecule has 0 aliphatic heterocycles. The van der Waals surface area contributed by atoms with Crippen molar-refractivity contribution >= 4 is 34.0 Å². The highest BCUT2D eigenvalue weighted by Gasteiger charge is 2.08. The summed E-state index contributed by atoms with van der Waals surface area (Å²) in [7, 11) is 0. The van der Waals surface area contributed by atoms with Crippen molar-refractivity contribution < 1.29 is 19.1 Å². The topological polar surface area (TPSA) is 77.0 Å². The molecule has 0 aliphatic carbocycles. The number of hydrogen-bond donors (Lipinski definition) is 1. The van der Waals surface area contributed by atoms with Gasteiger partial charge in [-0.1, -0.05) is 22.9 Å². The van der Waals surface area contributed by atoms with Gasteiger partial charge in [-0.05, 0) is 84.8 Å². The van der Waals surface area contributed by atoms with Crippen LogP contribution in [0.5, 0.6) is 11.5 Å². The van der Waals surface area contributed by atoms with Gasteiger partial charge in [0, 0.05) is 10.0 Å². The van der Waals surface area contributed by atoms with E-state index in [4.69, 9.17) is 9.47 Å². The van der Waals surface area contributed by atoms with Crippen molar-refractivity contribution in [2.75, 3.05) is 6.61 Å². The van der Waals surface area contributed by atoms with Gasteiger partial charge < -0.3 is 9.47 Å². The summed E-state index contributed by atoms with van der Waals surface area (Å²) in [6, 6.07) is 20.6. The fraction of sp³-hybridized carbons (Fsp3) is 0.125. The number of ether oxygens (including phenoxy) is 2. The molecule has 0 aliphatic rings. The van der Waals surface area contributed by atoms with Gasteiger partial charge in [0.2, 0.25) is 0 Å². The third-order valence-electron chi connectivity index (χ3n) is 4.14. The number of nitrogens with zero attached hydrogens (tertiary/aromatic N) is 1. The van der Waals surface area contributed by atoms with Gasteiger partial charge in [0.1, 0.15) is 11.5 Å². The van der Waals surface area contributed by atoms with E-state index in [-0.39, 0.29) is 5.91 Å². The Morgan fingerprint density at radius 1 is 0.903 bits per heavy atom. The predicted octanol–water partition coefficient (Wildman–Crippen LogP) is 5.22. The second-order valence-electron chi connectivity index (χ2n) is 6.54. The molecule has 6 nitrogen and oxygen atoms in total. The molecule has 0 fully saturated rings. The van der Waals surface area contributed by atoms with Gasteiger partial charge in [0.25, 0.3) is 5.91 Å². The lowest BCUT2D eigenvalue weighted by Crippen LogP contribution is -2.17. The van der Waals surface area contributed by atoms with Crippen LogP contribution in [0.25, 0.3) is 0 Å². The quantitative estimate of drug-likeness (QED) is 0.207. The van der Waals surface area contributed by atoms with Crippen LogP contribution in [0.2, 0.25) is 0 Å². The third kappa shape index (κ3) is 6.79. The normalized spacial score (nSPS) is 10.6. The Hall–Kier alpha value is -3.45. The summed E-state index contributed by atoms with van der Waals surface area (Å²) in [6.07, 6.45) is 2.43. The van der Waals surface area contributed by atoms with Crippen molar-refractivity contribution in [3.63, 3.8) is 0 Å². The average Bonchev–Trinajstić information content (AvgIpc) is 2.79. The first-order valence-electron chi connectivity index (χ1n) is 9.69. The van der Waals surface area contributed by atoms with E-state index in [2.05, 4.69) is 26.5 Å². The number of carbonyl (C=O) groups is 2. The number of hydrazone groups is 1. The molecule has 0 unspecified atom stereocenters. The largest absolute Gasteiger partial charge is 0.494 e. The maximum absolute atomic E-state index is 12.2. The number of nitrogens with one attached hydrogen (secondary N) is 1. The van der Waals surface area contributed by atoms with Crippen LogP contribution in [0, 0.1) is 0 Å². The highest BCUT2D eigenvalue weighted by Crippen LogP contribution is 2.16. The Bertz CT molecular complexity index is 1050. The maximum Gasteiger partial charge on any atom is 0.343 e.